The van der Waals surface area contributed by atoms with Crippen LogP contribution in [0.1, 0.15) is 44.9 Å². The van der Waals surface area contributed by atoms with Crippen molar-refractivity contribution in [2.45, 2.75) is 44.9 Å². The molecule has 0 bridgehead atoms. The summed E-state index contributed by atoms with van der Waals surface area (Å²) in [6.45, 7) is 3.02. The molecule has 0 spiro atoms. The van der Waals surface area contributed by atoms with Crippen molar-refractivity contribution in [3.05, 3.63) is 0 Å². The summed E-state index contributed by atoms with van der Waals surface area (Å²) in [4.78, 5) is 14.3. The van der Waals surface area contributed by atoms with Crippen molar-refractivity contribution in [2.75, 3.05) is 26.7 Å². The van der Waals surface area contributed by atoms with Crippen LogP contribution in [0, 0.1) is 11.8 Å². The lowest BCUT2D eigenvalue weighted by Crippen LogP contribution is -2.42. The maximum Gasteiger partial charge on any atom is 0.222 e. The molecule has 1 saturated carbocycles. The van der Waals surface area contributed by atoms with E-state index in [1.165, 1.54) is 38.5 Å². The van der Waals surface area contributed by atoms with Gasteiger partial charge in [-0.15, -0.1) is 0 Å². The minimum Gasteiger partial charge on any atom is -0.342 e. The highest BCUT2D eigenvalue weighted by Crippen LogP contribution is 2.28. The average molecular weight is 238 g/mol. The van der Waals surface area contributed by atoms with E-state index in [2.05, 4.69) is 10.2 Å². The number of rotatable bonds is 4. The molecular weight excluding hydrogens is 212 g/mol. The Labute approximate surface area is 105 Å². The molecule has 1 aliphatic carbocycles. The predicted octanol–water partition coefficient (Wildman–Crippen LogP) is 2.02. The Kier molecular flexibility index (Phi) is 4.84. The van der Waals surface area contributed by atoms with Crippen LogP contribution in [0.15, 0.2) is 0 Å². The molecule has 1 heterocycles. The maximum atomic E-state index is 12.2. The second-order valence-corrected chi connectivity index (χ2v) is 5.76. The van der Waals surface area contributed by atoms with E-state index >= 15 is 0 Å². The third-order valence-corrected chi connectivity index (χ3v) is 4.30. The SMILES string of the molecule is CNCC1CCCN(C(=O)CC2CCCC2)C1. The summed E-state index contributed by atoms with van der Waals surface area (Å²) in [5, 5.41) is 3.23. The Morgan fingerprint density at radius 1 is 1.18 bits per heavy atom. The molecule has 2 aliphatic rings. The van der Waals surface area contributed by atoms with Gasteiger partial charge in [-0.3, -0.25) is 4.79 Å². The largest absolute Gasteiger partial charge is 0.342 e. The Morgan fingerprint density at radius 3 is 2.59 bits per heavy atom. The number of hydrogen-bond acceptors (Lipinski definition) is 2. The molecule has 1 aliphatic heterocycles. The molecule has 2 rings (SSSR count). The van der Waals surface area contributed by atoms with E-state index in [1.807, 2.05) is 7.05 Å². The summed E-state index contributed by atoms with van der Waals surface area (Å²) >= 11 is 0. The highest BCUT2D eigenvalue weighted by Gasteiger charge is 2.26. The van der Waals surface area contributed by atoms with Gasteiger partial charge in [-0.2, -0.15) is 0 Å². The van der Waals surface area contributed by atoms with Gasteiger partial charge in [0.1, 0.15) is 0 Å². The maximum absolute atomic E-state index is 12.2. The summed E-state index contributed by atoms with van der Waals surface area (Å²) in [6.07, 6.45) is 8.49. The molecule has 98 valence electrons. The van der Waals surface area contributed by atoms with Crippen LogP contribution in [-0.4, -0.2) is 37.5 Å². The minimum atomic E-state index is 0.415. The monoisotopic (exact) mass is 238 g/mol. The molecular formula is C14H26N2O. The van der Waals surface area contributed by atoms with Gasteiger partial charge in [0.15, 0.2) is 0 Å². The summed E-state index contributed by atoms with van der Waals surface area (Å²) < 4.78 is 0. The molecule has 0 aromatic carbocycles. The van der Waals surface area contributed by atoms with E-state index in [0.29, 0.717) is 17.7 Å². The third-order valence-electron chi connectivity index (χ3n) is 4.30. The van der Waals surface area contributed by atoms with Crippen LogP contribution in [-0.2, 0) is 4.79 Å². The van der Waals surface area contributed by atoms with Gasteiger partial charge in [0.2, 0.25) is 5.91 Å². The van der Waals surface area contributed by atoms with Crippen LogP contribution in [0.3, 0.4) is 0 Å². The first kappa shape index (κ1) is 12.9. The number of carbonyl (C=O) groups is 1. The zero-order chi connectivity index (χ0) is 12.1. The van der Waals surface area contributed by atoms with Crippen LogP contribution < -0.4 is 5.32 Å². The molecule has 1 N–H and O–H groups in total. The van der Waals surface area contributed by atoms with Crippen molar-refractivity contribution in [1.82, 2.24) is 10.2 Å². The van der Waals surface area contributed by atoms with E-state index in [0.717, 1.165) is 26.1 Å². The number of carbonyl (C=O) groups excluding carboxylic acids is 1. The van der Waals surface area contributed by atoms with Crippen molar-refractivity contribution < 1.29 is 4.79 Å². The van der Waals surface area contributed by atoms with Gasteiger partial charge >= 0.3 is 0 Å². The van der Waals surface area contributed by atoms with E-state index in [4.69, 9.17) is 0 Å². The van der Waals surface area contributed by atoms with Crippen molar-refractivity contribution in [2.24, 2.45) is 11.8 Å². The van der Waals surface area contributed by atoms with Crippen LogP contribution in [0.25, 0.3) is 0 Å². The Morgan fingerprint density at radius 2 is 1.88 bits per heavy atom. The first-order chi connectivity index (χ1) is 8.29. The van der Waals surface area contributed by atoms with E-state index in [9.17, 15) is 4.79 Å². The molecule has 0 aromatic heterocycles. The molecule has 1 unspecified atom stereocenters. The average Bonchev–Trinajstić information content (AvgIpc) is 2.83. The molecule has 17 heavy (non-hydrogen) atoms. The smallest absolute Gasteiger partial charge is 0.222 e. The van der Waals surface area contributed by atoms with Gasteiger partial charge in [-0.05, 0) is 51.1 Å². The Balaban J connectivity index is 1.77. The zero-order valence-electron chi connectivity index (χ0n) is 11.1. The van der Waals surface area contributed by atoms with Gasteiger partial charge in [0.25, 0.3) is 0 Å². The molecule has 1 atom stereocenters. The summed E-state index contributed by atoms with van der Waals surface area (Å²) in [5.74, 6) is 1.77. The molecule has 1 amide bonds. The van der Waals surface area contributed by atoms with Crippen molar-refractivity contribution in [1.29, 1.82) is 0 Å². The zero-order valence-corrected chi connectivity index (χ0v) is 11.1. The first-order valence-electron chi connectivity index (χ1n) is 7.22. The van der Waals surface area contributed by atoms with E-state index in [-0.39, 0.29) is 0 Å². The second kappa shape index (κ2) is 6.39. The predicted molar refractivity (Wildman–Crippen MR) is 69.8 cm³/mol. The van der Waals surface area contributed by atoms with Crippen molar-refractivity contribution in [3.8, 4) is 0 Å². The third kappa shape index (κ3) is 3.70. The molecule has 0 radical (unpaired) electrons. The number of likely N-dealkylation sites (tertiary alicyclic amines) is 1. The lowest BCUT2D eigenvalue weighted by molar-refractivity contribution is -0.133. The van der Waals surface area contributed by atoms with Crippen LogP contribution in [0.5, 0.6) is 0 Å². The number of nitrogens with zero attached hydrogens (tertiary/aromatic N) is 1. The number of hydrogen-bond donors (Lipinski definition) is 1. The van der Waals surface area contributed by atoms with Gasteiger partial charge in [-0.25, -0.2) is 0 Å². The van der Waals surface area contributed by atoms with E-state index in [1.54, 1.807) is 0 Å². The molecule has 3 nitrogen and oxygen atoms in total. The fourth-order valence-electron chi connectivity index (χ4n) is 3.34. The van der Waals surface area contributed by atoms with Crippen molar-refractivity contribution >= 4 is 5.91 Å². The molecule has 2 fully saturated rings. The van der Waals surface area contributed by atoms with Crippen molar-refractivity contribution in [3.63, 3.8) is 0 Å². The highest BCUT2D eigenvalue weighted by atomic mass is 16.2. The highest BCUT2D eigenvalue weighted by molar-refractivity contribution is 5.76. The number of nitrogens with one attached hydrogen (secondary N) is 1. The van der Waals surface area contributed by atoms with Gasteiger partial charge in [0.05, 0.1) is 0 Å². The fourth-order valence-corrected chi connectivity index (χ4v) is 3.34. The lowest BCUT2D eigenvalue weighted by Gasteiger charge is -2.33. The minimum absolute atomic E-state index is 0.415. The van der Waals surface area contributed by atoms with Crippen LogP contribution in [0.2, 0.25) is 0 Å². The number of piperidine rings is 1. The molecule has 3 heteroatoms. The standard InChI is InChI=1S/C14H26N2O/c1-15-10-13-7-4-8-16(11-13)14(17)9-12-5-2-3-6-12/h12-13,15H,2-11H2,1H3. The van der Waals surface area contributed by atoms with Gasteiger partial charge in [-0.1, -0.05) is 12.8 Å². The number of amides is 1. The van der Waals surface area contributed by atoms with Gasteiger partial charge < -0.3 is 10.2 Å². The lowest BCUT2D eigenvalue weighted by atomic mass is 9.96. The first-order valence-corrected chi connectivity index (χ1v) is 7.22. The molecule has 0 aromatic rings. The Bertz CT molecular complexity index is 247. The second-order valence-electron chi connectivity index (χ2n) is 5.76. The topological polar surface area (TPSA) is 32.3 Å². The van der Waals surface area contributed by atoms with Crippen LogP contribution >= 0.6 is 0 Å². The van der Waals surface area contributed by atoms with E-state index < -0.39 is 0 Å². The molecule has 1 saturated heterocycles. The summed E-state index contributed by atoms with van der Waals surface area (Å²) in [6, 6.07) is 0. The van der Waals surface area contributed by atoms with Gasteiger partial charge in [0, 0.05) is 19.5 Å². The fraction of sp³-hybridized carbons (Fsp3) is 0.929. The Hall–Kier alpha value is -0.570. The summed E-state index contributed by atoms with van der Waals surface area (Å²) in [7, 11) is 2.00. The quantitative estimate of drug-likeness (QED) is 0.812. The van der Waals surface area contributed by atoms with Crippen LogP contribution in [0.4, 0.5) is 0 Å². The normalized spacial score (nSPS) is 26.4. The summed E-state index contributed by atoms with van der Waals surface area (Å²) in [5.41, 5.74) is 0.